The molecular weight excluding hydrogens is 190 g/mol. The normalized spacial score (nSPS) is 13.3. The summed E-state index contributed by atoms with van der Waals surface area (Å²) in [6, 6.07) is 3.82. The van der Waals surface area contributed by atoms with Crippen molar-refractivity contribution in [3.8, 4) is 0 Å². The third-order valence-corrected chi connectivity index (χ3v) is 2.25. The monoisotopic (exact) mass is 197 g/mol. The summed E-state index contributed by atoms with van der Waals surface area (Å²) in [6.07, 6.45) is 8.59. The van der Waals surface area contributed by atoms with Crippen molar-refractivity contribution in [1.82, 2.24) is 9.97 Å². The van der Waals surface area contributed by atoms with Crippen LogP contribution in [-0.4, -0.2) is 9.97 Å². The van der Waals surface area contributed by atoms with Crippen molar-refractivity contribution in [2.45, 2.75) is 0 Å². The van der Waals surface area contributed by atoms with Crippen molar-refractivity contribution in [2.75, 3.05) is 0 Å². The number of allylic oxidation sites excluding steroid dienone is 1. The lowest BCUT2D eigenvalue weighted by atomic mass is 10.2. The molecule has 1 aromatic heterocycles. The van der Waals surface area contributed by atoms with Gasteiger partial charge in [0.25, 0.3) is 0 Å². The van der Waals surface area contributed by atoms with Gasteiger partial charge in [-0.1, -0.05) is 5.16 Å². The Balaban J connectivity index is 2.58. The Kier molecular flexibility index (Phi) is 1.71. The van der Waals surface area contributed by atoms with Gasteiger partial charge in [-0.05, 0) is 24.3 Å². The van der Waals surface area contributed by atoms with Crippen LogP contribution in [0.5, 0.6) is 0 Å². The molecule has 0 bridgehead atoms. The molecule has 2 aromatic rings. The van der Waals surface area contributed by atoms with Gasteiger partial charge in [0.15, 0.2) is 0 Å². The number of nitrogens with zero attached hydrogens (tertiary/aromatic N) is 3. The third-order valence-electron chi connectivity index (χ3n) is 2.25. The molecular formula is C11H7N3O. The van der Waals surface area contributed by atoms with Crippen LogP contribution in [0.2, 0.25) is 0 Å². The average Bonchev–Trinajstić information content (AvgIpc) is 2.54. The lowest BCUT2D eigenvalue weighted by Gasteiger charge is -1.95. The van der Waals surface area contributed by atoms with Crippen LogP contribution in [0.3, 0.4) is 0 Å². The van der Waals surface area contributed by atoms with E-state index in [0.29, 0.717) is 0 Å². The van der Waals surface area contributed by atoms with Gasteiger partial charge in [0.2, 0.25) is 0 Å². The maximum Gasteiger partial charge on any atom is 0.122 e. The van der Waals surface area contributed by atoms with E-state index in [9.17, 15) is 0 Å². The topological polar surface area (TPSA) is 47.4 Å². The van der Waals surface area contributed by atoms with Crippen LogP contribution in [0.25, 0.3) is 17.0 Å². The van der Waals surface area contributed by atoms with Crippen LogP contribution in [0.1, 0.15) is 0 Å². The molecule has 0 spiro atoms. The molecule has 0 atom stereocenters. The van der Waals surface area contributed by atoms with Crippen LogP contribution in [0.4, 0.5) is 0 Å². The highest BCUT2D eigenvalue weighted by atomic mass is 16.6. The minimum Gasteiger partial charge on any atom is -0.364 e. The van der Waals surface area contributed by atoms with Gasteiger partial charge in [0.05, 0.1) is 5.52 Å². The predicted molar refractivity (Wildman–Crippen MR) is 55.0 cm³/mol. The molecule has 1 aliphatic heterocycles. The predicted octanol–water partition coefficient (Wildman–Crippen LogP) is 0.489. The Morgan fingerprint density at radius 2 is 2.20 bits per heavy atom. The molecule has 0 saturated heterocycles. The van der Waals surface area contributed by atoms with E-state index >= 15 is 0 Å². The van der Waals surface area contributed by atoms with Crippen LogP contribution in [0, 0.1) is 0 Å². The molecule has 15 heavy (non-hydrogen) atoms. The fourth-order valence-corrected chi connectivity index (χ4v) is 1.57. The lowest BCUT2D eigenvalue weighted by Crippen LogP contribution is -2.25. The molecule has 0 amide bonds. The average molecular weight is 197 g/mol. The molecule has 0 aliphatic carbocycles. The lowest BCUT2D eigenvalue weighted by molar-refractivity contribution is 0.254. The van der Waals surface area contributed by atoms with Gasteiger partial charge in [-0.3, -0.25) is 0 Å². The number of aromatic nitrogens is 2. The fraction of sp³-hybridized carbons (Fsp3) is 0. The quantitative estimate of drug-likeness (QED) is 0.617. The molecule has 4 nitrogen and oxygen atoms in total. The summed E-state index contributed by atoms with van der Waals surface area (Å²) in [5.74, 6) is 0. The Hall–Kier alpha value is -2.23. The Labute approximate surface area is 85.2 Å². The van der Waals surface area contributed by atoms with Crippen LogP contribution < -0.4 is 10.6 Å². The van der Waals surface area contributed by atoms with E-state index < -0.39 is 0 Å². The second-order valence-corrected chi connectivity index (χ2v) is 3.15. The molecule has 4 heteroatoms. The standard InChI is InChI=1S/C11H7N3O/c1-2-9-10(14-15-5-1)4-3-8-6-12-7-13-11(8)9/h1-7H. The van der Waals surface area contributed by atoms with Gasteiger partial charge in [-0.15, -0.1) is 0 Å². The maximum absolute atomic E-state index is 4.94. The molecule has 1 aliphatic rings. The second-order valence-electron chi connectivity index (χ2n) is 3.15. The van der Waals surface area contributed by atoms with E-state index in [-0.39, 0.29) is 0 Å². The van der Waals surface area contributed by atoms with E-state index in [1.165, 1.54) is 12.6 Å². The zero-order valence-corrected chi connectivity index (χ0v) is 7.79. The molecule has 0 radical (unpaired) electrons. The van der Waals surface area contributed by atoms with Crippen molar-refractivity contribution in [3.05, 3.63) is 47.6 Å². The van der Waals surface area contributed by atoms with Crippen molar-refractivity contribution in [1.29, 1.82) is 0 Å². The summed E-state index contributed by atoms with van der Waals surface area (Å²) in [6.45, 7) is 0. The van der Waals surface area contributed by atoms with Crippen LogP contribution in [0.15, 0.2) is 42.2 Å². The van der Waals surface area contributed by atoms with Gasteiger partial charge in [-0.2, -0.15) is 0 Å². The summed E-state index contributed by atoms with van der Waals surface area (Å²) in [4.78, 5) is 13.2. The second kappa shape index (κ2) is 3.16. The zero-order chi connectivity index (χ0) is 10.1. The SMILES string of the molecule is C1=CON=c2ccc3cncnc3c2=C1. The van der Waals surface area contributed by atoms with E-state index in [2.05, 4.69) is 15.1 Å². The van der Waals surface area contributed by atoms with E-state index in [1.54, 1.807) is 12.3 Å². The van der Waals surface area contributed by atoms with Crippen molar-refractivity contribution >= 4 is 17.0 Å². The number of fused-ring (bicyclic) bond motifs is 3. The number of benzene rings is 1. The Morgan fingerprint density at radius 3 is 3.20 bits per heavy atom. The van der Waals surface area contributed by atoms with Crippen molar-refractivity contribution in [3.63, 3.8) is 0 Å². The number of rotatable bonds is 0. The number of hydrogen-bond acceptors (Lipinski definition) is 4. The van der Waals surface area contributed by atoms with Gasteiger partial charge >= 0.3 is 0 Å². The molecule has 0 N–H and O–H groups in total. The molecule has 2 heterocycles. The molecule has 1 aromatic carbocycles. The molecule has 0 fully saturated rings. The summed E-state index contributed by atoms with van der Waals surface area (Å²) in [7, 11) is 0. The van der Waals surface area contributed by atoms with Gasteiger partial charge in [0, 0.05) is 16.8 Å². The molecule has 72 valence electrons. The van der Waals surface area contributed by atoms with E-state index in [0.717, 1.165) is 21.5 Å². The summed E-state index contributed by atoms with van der Waals surface area (Å²) in [5.41, 5.74) is 0.890. The van der Waals surface area contributed by atoms with Crippen molar-refractivity contribution in [2.24, 2.45) is 5.16 Å². The smallest absolute Gasteiger partial charge is 0.122 e. The first kappa shape index (κ1) is 8.11. The highest BCUT2D eigenvalue weighted by Gasteiger charge is 1.99. The molecule has 0 unspecified atom stereocenters. The number of hydrogen-bond donors (Lipinski definition) is 0. The van der Waals surface area contributed by atoms with Crippen molar-refractivity contribution < 1.29 is 4.84 Å². The van der Waals surface area contributed by atoms with E-state index in [1.807, 2.05) is 18.2 Å². The maximum atomic E-state index is 4.94. The summed E-state index contributed by atoms with van der Waals surface area (Å²) >= 11 is 0. The van der Waals surface area contributed by atoms with Crippen LogP contribution >= 0.6 is 0 Å². The largest absolute Gasteiger partial charge is 0.364 e. The molecule has 0 saturated carbocycles. The Morgan fingerprint density at radius 1 is 1.20 bits per heavy atom. The zero-order valence-electron chi connectivity index (χ0n) is 7.79. The van der Waals surface area contributed by atoms with Gasteiger partial charge in [0.1, 0.15) is 17.9 Å². The first-order chi connectivity index (χ1) is 7.45. The first-order valence-electron chi connectivity index (χ1n) is 4.54. The minimum atomic E-state index is 0.784. The van der Waals surface area contributed by atoms with Gasteiger partial charge in [-0.25, -0.2) is 9.97 Å². The fourth-order valence-electron chi connectivity index (χ4n) is 1.57. The van der Waals surface area contributed by atoms with Gasteiger partial charge < -0.3 is 4.84 Å². The first-order valence-corrected chi connectivity index (χ1v) is 4.54. The van der Waals surface area contributed by atoms with E-state index in [4.69, 9.17) is 4.84 Å². The Bertz CT molecular complexity index is 661. The summed E-state index contributed by atoms with van der Waals surface area (Å²) < 4.78 is 0. The third kappa shape index (κ3) is 1.27. The highest BCUT2D eigenvalue weighted by molar-refractivity contribution is 5.78. The minimum absolute atomic E-state index is 0.784. The molecule has 3 rings (SSSR count). The highest BCUT2D eigenvalue weighted by Crippen LogP contribution is 2.01. The van der Waals surface area contributed by atoms with Crippen LogP contribution in [-0.2, 0) is 4.84 Å². The summed E-state index contributed by atoms with van der Waals surface area (Å²) in [5, 5.41) is 6.70.